The van der Waals surface area contributed by atoms with E-state index in [-0.39, 0.29) is 0 Å². The summed E-state index contributed by atoms with van der Waals surface area (Å²) in [4.78, 5) is 12.4. The Morgan fingerprint density at radius 2 is 1.94 bits per heavy atom. The second kappa shape index (κ2) is 4.03. The Labute approximate surface area is 104 Å². The van der Waals surface area contributed by atoms with Gasteiger partial charge in [-0.2, -0.15) is 0 Å². The lowest BCUT2D eigenvalue weighted by Gasteiger charge is -2.25. The number of thioether (sulfide) groups is 1. The van der Waals surface area contributed by atoms with Crippen molar-refractivity contribution in [3.05, 3.63) is 29.8 Å². The number of carbonyl (C=O) groups is 1. The van der Waals surface area contributed by atoms with Crippen LogP contribution in [0, 0.1) is 0 Å². The minimum Gasteiger partial charge on any atom is -0.481 e. The van der Waals surface area contributed by atoms with Crippen LogP contribution in [0.5, 0.6) is 0 Å². The Morgan fingerprint density at radius 3 is 2.35 bits per heavy atom. The van der Waals surface area contributed by atoms with Crippen molar-refractivity contribution in [3.63, 3.8) is 0 Å². The van der Waals surface area contributed by atoms with Crippen LogP contribution in [0.4, 0.5) is 0 Å². The predicted molar refractivity (Wildman–Crippen MR) is 65.5 cm³/mol. The first-order valence-electron chi connectivity index (χ1n) is 5.79. The first-order chi connectivity index (χ1) is 8.21. The van der Waals surface area contributed by atoms with Crippen LogP contribution in [0.2, 0.25) is 0 Å². The zero-order chi connectivity index (χ0) is 11.9. The molecule has 0 unspecified atom stereocenters. The molecular formula is C13H14O3S. The third-order valence-electron chi connectivity index (χ3n) is 3.48. The van der Waals surface area contributed by atoms with Gasteiger partial charge in [-0.1, -0.05) is 12.1 Å². The maximum Gasteiger partial charge on any atom is 0.314 e. The Kier molecular flexibility index (Phi) is 2.64. The number of carboxylic acids is 1. The molecule has 3 nitrogen and oxygen atoms in total. The van der Waals surface area contributed by atoms with Gasteiger partial charge in [0.05, 0.1) is 23.9 Å². The van der Waals surface area contributed by atoms with Crippen LogP contribution in [0.1, 0.15) is 18.4 Å². The number of ether oxygens (including phenoxy) is 1. The standard InChI is InChI=1S/C13H14O3S/c14-12(15)13(5-6-13)9-1-3-10(4-2-9)17-11-7-16-8-11/h1-4,11H,5-8H2,(H,14,15). The molecule has 2 aliphatic rings. The Bertz CT molecular complexity index is 432. The third kappa shape index (κ3) is 1.96. The molecular weight excluding hydrogens is 236 g/mol. The molecule has 1 heterocycles. The molecule has 2 fully saturated rings. The quantitative estimate of drug-likeness (QED) is 0.890. The molecule has 1 saturated heterocycles. The Balaban J connectivity index is 1.73. The van der Waals surface area contributed by atoms with Gasteiger partial charge in [-0.25, -0.2) is 0 Å². The van der Waals surface area contributed by atoms with E-state index in [1.807, 2.05) is 24.3 Å². The number of hydrogen-bond donors (Lipinski definition) is 1. The molecule has 0 bridgehead atoms. The van der Waals surface area contributed by atoms with E-state index in [1.165, 1.54) is 4.90 Å². The molecule has 3 rings (SSSR count). The molecule has 90 valence electrons. The summed E-state index contributed by atoms with van der Waals surface area (Å²) in [5, 5.41) is 9.76. The molecule has 1 saturated carbocycles. The molecule has 0 atom stereocenters. The lowest BCUT2D eigenvalue weighted by atomic mass is 9.96. The first kappa shape index (κ1) is 11.1. The van der Waals surface area contributed by atoms with Crippen LogP contribution in [0.15, 0.2) is 29.2 Å². The van der Waals surface area contributed by atoms with Gasteiger partial charge >= 0.3 is 5.97 Å². The molecule has 0 spiro atoms. The first-order valence-corrected chi connectivity index (χ1v) is 6.67. The summed E-state index contributed by atoms with van der Waals surface area (Å²) >= 11 is 1.81. The average Bonchev–Trinajstić information content (AvgIpc) is 3.05. The second-order valence-corrected chi connectivity index (χ2v) is 6.06. The topological polar surface area (TPSA) is 46.5 Å². The Morgan fingerprint density at radius 1 is 1.29 bits per heavy atom. The van der Waals surface area contributed by atoms with Gasteiger partial charge in [-0.05, 0) is 30.5 Å². The molecule has 1 aromatic rings. The van der Waals surface area contributed by atoms with Crippen molar-refractivity contribution >= 4 is 17.7 Å². The van der Waals surface area contributed by atoms with Gasteiger partial charge < -0.3 is 9.84 Å². The molecule has 1 aliphatic carbocycles. The van der Waals surface area contributed by atoms with E-state index in [2.05, 4.69) is 0 Å². The monoisotopic (exact) mass is 250 g/mol. The predicted octanol–water partition coefficient (Wildman–Crippen LogP) is 2.29. The summed E-state index contributed by atoms with van der Waals surface area (Å²) in [6.07, 6.45) is 1.54. The van der Waals surface area contributed by atoms with E-state index >= 15 is 0 Å². The van der Waals surface area contributed by atoms with Crippen LogP contribution in [-0.4, -0.2) is 29.5 Å². The third-order valence-corrected chi connectivity index (χ3v) is 4.63. The smallest absolute Gasteiger partial charge is 0.314 e. The van der Waals surface area contributed by atoms with Gasteiger partial charge in [0.15, 0.2) is 0 Å². The van der Waals surface area contributed by atoms with E-state index in [4.69, 9.17) is 4.74 Å². The highest BCUT2D eigenvalue weighted by atomic mass is 32.2. The molecule has 1 N–H and O–H groups in total. The molecule has 0 amide bonds. The minimum atomic E-state index is -0.690. The van der Waals surface area contributed by atoms with E-state index in [0.29, 0.717) is 5.25 Å². The van der Waals surface area contributed by atoms with Crippen molar-refractivity contribution < 1.29 is 14.6 Å². The fraction of sp³-hybridized carbons (Fsp3) is 0.462. The number of benzene rings is 1. The van der Waals surface area contributed by atoms with Crippen molar-refractivity contribution in [2.45, 2.75) is 28.4 Å². The molecule has 17 heavy (non-hydrogen) atoms. The van der Waals surface area contributed by atoms with Crippen molar-refractivity contribution in [3.8, 4) is 0 Å². The maximum absolute atomic E-state index is 11.2. The van der Waals surface area contributed by atoms with Gasteiger partial charge in [-0.3, -0.25) is 4.79 Å². The van der Waals surface area contributed by atoms with Gasteiger partial charge in [0.25, 0.3) is 0 Å². The largest absolute Gasteiger partial charge is 0.481 e. The lowest BCUT2D eigenvalue weighted by Crippen LogP contribution is -2.30. The molecule has 1 aromatic carbocycles. The highest BCUT2D eigenvalue weighted by molar-refractivity contribution is 8.00. The van der Waals surface area contributed by atoms with Gasteiger partial charge in [0, 0.05) is 4.90 Å². The van der Waals surface area contributed by atoms with E-state index in [1.54, 1.807) is 11.8 Å². The fourth-order valence-corrected chi connectivity index (χ4v) is 3.08. The second-order valence-electron chi connectivity index (χ2n) is 4.69. The zero-order valence-electron chi connectivity index (χ0n) is 9.39. The molecule has 1 aliphatic heterocycles. The van der Waals surface area contributed by atoms with Crippen molar-refractivity contribution in [2.75, 3.05) is 13.2 Å². The molecule has 0 radical (unpaired) electrons. The summed E-state index contributed by atoms with van der Waals surface area (Å²) < 4.78 is 5.13. The summed E-state index contributed by atoms with van der Waals surface area (Å²) in [5.74, 6) is -0.690. The number of aliphatic carboxylic acids is 1. The van der Waals surface area contributed by atoms with Crippen molar-refractivity contribution in [1.29, 1.82) is 0 Å². The molecule has 0 aromatic heterocycles. The van der Waals surface area contributed by atoms with Gasteiger partial charge in [-0.15, -0.1) is 11.8 Å². The van der Waals surface area contributed by atoms with Gasteiger partial charge in [0.1, 0.15) is 0 Å². The van der Waals surface area contributed by atoms with E-state index < -0.39 is 11.4 Å². The summed E-state index contributed by atoms with van der Waals surface area (Å²) in [6, 6.07) is 7.98. The van der Waals surface area contributed by atoms with Crippen LogP contribution in [0.25, 0.3) is 0 Å². The SMILES string of the molecule is O=C(O)C1(c2ccc(SC3COC3)cc2)CC1. The van der Waals surface area contributed by atoms with Gasteiger partial charge in [0.2, 0.25) is 0 Å². The van der Waals surface area contributed by atoms with E-state index in [9.17, 15) is 9.90 Å². The summed E-state index contributed by atoms with van der Waals surface area (Å²) in [5.41, 5.74) is 0.363. The minimum absolute atomic E-state index is 0.565. The number of hydrogen-bond acceptors (Lipinski definition) is 3. The van der Waals surface area contributed by atoms with E-state index in [0.717, 1.165) is 31.6 Å². The summed E-state index contributed by atoms with van der Waals surface area (Å²) in [7, 11) is 0. The van der Waals surface area contributed by atoms with Crippen molar-refractivity contribution in [2.24, 2.45) is 0 Å². The number of rotatable bonds is 4. The van der Waals surface area contributed by atoms with Crippen molar-refractivity contribution in [1.82, 2.24) is 0 Å². The maximum atomic E-state index is 11.2. The zero-order valence-corrected chi connectivity index (χ0v) is 10.2. The average molecular weight is 250 g/mol. The lowest BCUT2D eigenvalue weighted by molar-refractivity contribution is -0.140. The normalized spacial score (nSPS) is 21.9. The number of carboxylic acid groups (broad SMARTS) is 1. The highest BCUT2D eigenvalue weighted by Gasteiger charge is 2.51. The fourth-order valence-electron chi connectivity index (χ4n) is 2.08. The van der Waals surface area contributed by atoms with Crippen LogP contribution in [-0.2, 0) is 14.9 Å². The van der Waals surface area contributed by atoms with Crippen LogP contribution >= 0.6 is 11.8 Å². The van der Waals surface area contributed by atoms with Crippen LogP contribution < -0.4 is 0 Å². The highest BCUT2D eigenvalue weighted by Crippen LogP contribution is 2.48. The summed E-state index contributed by atoms with van der Waals surface area (Å²) in [6.45, 7) is 1.65. The Hall–Kier alpha value is -1.00. The van der Waals surface area contributed by atoms with Crippen LogP contribution in [0.3, 0.4) is 0 Å². The molecule has 4 heteroatoms.